The fourth-order valence-corrected chi connectivity index (χ4v) is 2.75. The van der Waals surface area contributed by atoms with Crippen LogP contribution >= 0.6 is 0 Å². The largest absolute Gasteiger partial charge is 0.463 e. The Labute approximate surface area is 149 Å². The lowest BCUT2D eigenvalue weighted by Crippen LogP contribution is -2.13. The monoisotopic (exact) mass is 350 g/mol. The zero-order chi connectivity index (χ0) is 18.1. The summed E-state index contributed by atoms with van der Waals surface area (Å²) in [4.78, 5) is 15.3. The number of nitrogens with zero attached hydrogens (tertiary/aromatic N) is 7. The first-order valence-corrected chi connectivity index (χ1v) is 8.10. The van der Waals surface area contributed by atoms with Crippen LogP contribution in [0, 0.1) is 0 Å². The van der Waals surface area contributed by atoms with Crippen LogP contribution in [0.5, 0.6) is 0 Å². The summed E-state index contributed by atoms with van der Waals surface area (Å²) in [7, 11) is 4.02. The highest BCUT2D eigenvalue weighted by molar-refractivity contribution is 5.85. The van der Waals surface area contributed by atoms with Crippen molar-refractivity contribution in [3.63, 3.8) is 0 Å². The van der Waals surface area contributed by atoms with Crippen LogP contribution in [0.1, 0.15) is 11.4 Å². The molecular formula is C17H18N8O. The van der Waals surface area contributed by atoms with Gasteiger partial charge >= 0.3 is 0 Å². The average Bonchev–Trinajstić information content (AvgIpc) is 3.25. The summed E-state index contributed by atoms with van der Waals surface area (Å²) in [5, 5.41) is 8.43. The molecule has 0 radical (unpaired) electrons. The smallest absolute Gasteiger partial charge is 0.222 e. The number of pyridine rings is 1. The first-order valence-electron chi connectivity index (χ1n) is 8.10. The molecule has 4 aromatic heterocycles. The molecule has 0 spiro atoms. The second-order valence-electron chi connectivity index (χ2n) is 6.19. The Balaban J connectivity index is 1.72. The third-order valence-electron chi connectivity index (χ3n) is 3.79. The van der Waals surface area contributed by atoms with Gasteiger partial charge in [0.1, 0.15) is 5.69 Å². The Bertz CT molecular complexity index is 1040. The van der Waals surface area contributed by atoms with Crippen molar-refractivity contribution in [1.82, 2.24) is 34.8 Å². The number of aromatic nitrogens is 6. The van der Waals surface area contributed by atoms with Crippen molar-refractivity contribution >= 4 is 17.1 Å². The highest BCUT2D eigenvalue weighted by Crippen LogP contribution is 2.25. The topological polar surface area (TPSA) is 112 Å². The second-order valence-corrected chi connectivity index (χ2v) is 6.19. The molecule has 4 rings (SSSR count). The quantitative estimate of drug-likeness (QED) is 0.577. The molecule has 0 aliphatic carbocycles. The van der Waals surface area contributed by atoms with Gasteiger partial charge in [0.15, 0.2) is 16.9 Å². The lowest BCUT2D eigenvalue weighted by molar-refractivity contribution is 0.396. The van der Waals surface area contributed by atoms with Gasteiger partial charge in [-0.1, -0.05) is 11.3 Å². The van der Waals surface area contributed by atoms with Crippen molar-refractivity contribution in [2.24, 2.45) is 0 Å². The normalized spacial score (nSPS) is 11.5. The van der Waals surface area contributed by atoms with E-state index in [1.807, 2.05) is 32.3 Å². The van der Waals surface area contributed by atoms with Gasteiger partial charge in [0.2, 0.25) is 5.95 Å². The van der Waals surface area contributed by atoms with Gasteiger partial charge in [-0.25, -0.2) is 9.67 Å². The molecule has 4 heterocycles. The molecule has 26 heavy (non-hydrogen) atoms. The maximum absolute atomic E-state index is 5.88. The lowest BCUT2D eigenvalue weighted by atomic mass is 10.2. The Hall–Kier alpha value is -3.33. The maximum atomic E-state index is 5.88. The molecular weight excluding hydrogens is 332 g/mol. The van der Waals surface area contributed by atoms with Gasteiger partial charge in [0.25, 0.3) is 0 Å². The summed E-state index contributed by atoms with van der Waals surface area (Å²) in [6.07, 6.45) is 1.57. The summed E-state index contributed by atoms with van der Waals surface area (Å²) in [6, 6.07) is 9.51. The molecule has 4 aromatic rings. The van der Waals surface area contributed by atoms with Gasteiger partial charge in [-0.3, -0.25) is 4.98 Å². The van der Waals surface area contributed by atoms with Crippen LogP contribution in [0.25, 0.3) is 22.6 Å². The molecule has 0 amide bonds. The molecule has 9 nitrogen and oxygen atoms in total. The molecule has 132 valence electrons. The SMILES string of the molecule is CN(C)Cc1cccc(Cn2nnc3c(-c4ccco4)nc(N)nc32)n1. The number of fused-ring (bicyclic) bond motifs is 1. The van der Waals surface area contributed by atoms with Crippen molar-refractivity contribution in [1.29, 1.82) is 0 Å². The molecule has 0 aliphatic rings. The number of nitrogen functional groups attached to an aromatic ring is 1. The molecule has 0 atom stereocenters. The predicted molar refractivity (Wildman–Crippen MR) is 96.0 cm³/mol. The molecule has 0 fully saturated rings. The van der Waals surface area contributed by atoms with Gasteiger partial charge in [-0.2, -0.15) is 4.98 Å². The van der Waals surface area contributed by atoms with Crippen molar-refractivity contribution in [2.45, 2.75) is 13.1 Å². The van der Waals surface area contributed by atoms with E-state index < -0.39 is 0 Å². The van der Waals surface area contributed by atoms with Crippen LogP contribution in [-0.2, 0) is 13.1 Å². The van der Waals surface area contributed by atoms with Crippen molar-refractivity contribution in [2.75, 3.05) is 19.8 Å². The standard InChI is InChI=1S/C17H18N8O/c1-24(2)9-11-5-3-6-12(19-11)10-25-16-15(22-23-25)14(20-17(18)21-16)13-7-4-8-26-13/h3-8H,9-10H2,1-2H3,(H2,18,20,21). The number of hydrogen-bond acceptors (Lipinski definition) is 8. The summed E-state index contributed by atoms with van der Waals surface area (Å²) in [5.74, 6) is 0.712. The van der Waals surface area contributed by atoms with E-state index in [1.165, 1.54) is 0 Å². The molecule has 0 saturated heterocycles. The minimum absolute atomic E-state index is 0.141. The summed E-state index contributed by atoms with van der Waals surface area (Å²) in [6.45, 7) is 1.20. The van der Waals surface area contributed by atoms with Gasteiger partial charge in [-0.05, 0) is 38.4 Å². The van der Waals surface area contributed by atoms with Gasteiger partial charge in [-0.15, -0.1) is 5.10 Å². The van der Waals surface area contributed by atoms with Crippen LogP contribution in [0.4, 0.5) is 5.95 Å². The fraction of sp³-hybridized carbons (Fsp3) is 0.235. The molecule has 0 unspecified atom stereocenters. The molecule has 9 heteroatoms. The van der Waals surface area contributed by atoms with E-state index in [-0.39, 0.29) is 5.95 Å². The Morgan fingerprint density at radius 1 is 1.08 bits per heavy atom. The number of rotatable bonds is 5. The molecule has 0 bridgehead atoms. The fourth-order valence-electron chi connectivity index (χ4n) is 2.75. The number of anilines is 1. The molecule has 2 N–H and O–H groups in total. The van der Waals surface area contributed by atoms with E-state index in [9.17, 15) is 0 Å². The third kappa shape index (κ3) is 3.11. The summed E-state index contributed by atoms with van der Waals surface area (Å²) in [5.41, 5.74) is 9.35. The third-order valence-corrected chi connectivity index (χ3v) is 3.79. The minimum atomic E-state index is 0.141. The average molecular weight is 350 g/mol. The first kappa shape index (κ1) is 16.2. The Morgan fingerprint density at radius 3 is 2.69 bits per heavy atom. The van der Waals surface area contributed by atoms with Gasteiger partial charge in [0, 0.05) is 6.54 Å². The van der Waals surface area contributed by atoms with Crippen LogP contribution in [0.2, 0.25) is 0 Å². The van der Waals surface area contributed by atoms with E-state index in [0.29, 0.717) is 29.2 Å². The van der Waals surface area contributed by atoms with Crippen LogP contribution < -0.4 is 5.73 Å². The van der Waals surface area contributed by atoms with Crippen LogP contribution in [0.3, 0.4) is 0 Å². The first-order chi connectivity index (χ1) is 12.6. The van der Waals surface area contributed by atoms with Gasteiger partial charge < -0.3 is 15.1 Å². The Kier molecular flexibility index (Phi) is 4.05. The highest BCUT2D eigenvalue weighted by atomic mass is 16.3. The molecule has 0 saturated carbocycles. The van der Waals surface area contributed by atoms with E-state index >= 15 is 0 Å². The van der Waals surface area contributed by atoms with Gasteiger partial charge in [0.05, 0.1) is 24.2 Å². The summed E-state index contributed by atoms with van der Waals surface area (Å²) < 4.78 is 7.09. The van der Waals surface area contributed by atoms with Crippen LogP contribution in [-0.4, -0.2) is 48.9 Å². The van der Waals surface area contributed by atoms with E-state index in [4.69, 9.17) is 10.2 Å². The van der Waals surface area contributed by atoms with E-state index in [0.717, 1.165) is 17.9 Å². The predicted octanol–water partition coefficient (Wildman–Crippen LogP) is 1.57. The second kappa shape index (κ2) is 6.52. The molecule has 0 aromatic carbocycles. The lowest BCUT2D eigenvalue weighted by Gasteiger charge is -2.10. The number of furan rings is 1. The number of hydrogen-bond donors (Lipinski definition) is 1. The zero-order valence-corrected chi connectivity index (χ0v) is 14.5. The highest BCUT2D eigenvalue weighted by Gasteiger charge is 2.17. The van der Waals surface area contributed by atoms with Crippen molar-refractivity contribution in [3.8, 4) is 11.5 Å². The molecule has 0 aliphatic heterocycles. The van der Waals surface area contributed by atoms with E-state index in [1.54, 1.807) is 23.1 Å². The maximum Gasteiger partial charge on any atom is 0.222 e. The van der Waals surface area contributed by atoms with Crippen molar-refractivity contribution < 1.29 is 4.42 Å². The van der Waals surface area contributed by atoms with Crippen LogP contribution in [0.15, 0.2) is 41.0 Å². The summed E-state index contributed by atoms with van der Waals surface area (Å²) >= 11 is 0. The van der Waals surface area contributed by atoms with E-state index in [2.05, 4.69) is 30.2 Å². The Morgan fingerprint density at radius 2 is 1.92 bits per heavy atom. The van der Waals surface area contributed by atoms with Crippen molar-refractivity contribution in [3.05, 3.63) is 48.0 Å². The zero-order valence-electron chi connectivity index (χ0n) is 14.5. The number of nitrogens with two attached hydrogens (primary N) is 1. The minimum Gasteiger partial charge on any atom is -0.463 e.